The summed E-state index contributed by atoms with van der Waals surface area (Å²) in [5, 5.41) is 16.0. The van der Waals surface area contributed by atoms with Crippen molar-refractivity contribution in [1.29, 1.82) is 5.26 Å². The lowest BCUT2D eigenvalue weighted by molar-refractivity contribution is 0.669. The molecule has 3 aromatic heterocycles. The number of allylic oxidation sites excluding steroid dienone is 5. The number of benzene rings is 5. The van der Waals surface area contributed by atoms with Crippen LogP contribution in [0.4, 0.5) is 0 Å². The Hall–Kier alpha value is -6.05. The van der Waals surface area contributed by atoms with E-state index < -0.39 is 0 Å². The minimum Gasteiger partial charge on any atom is -0.456 e. The molecule has 0 saturated heterocycles. The number of rotatable bonds is 3. The normalized spacial score (nSPS) is 16.2. The zero-order chi connectivity index (χ0) is 31.1. The van der Waals surface area contributed by atoms with Crippen LogP contribution in [-0.4, -0.2) is 9.13 Å². The minimum absolute atomic E-state index is 0.184. The Morgan fingerprint density at radius 1 is 0.660 bits per heavy atom. The van der Waals surface area contributed by atoms with Crippen LogP contribution in [0, 0.1) is 17.2 Å². The molecule has 5 aromatic carbocycles. The highest BCUT2D eigenvalue weighted by Crippen LogP contribution is 2.42. The van der Waals surface area contributed by atoms with Gasteiger partial charge in [0.1, 0.15) is 11.2 Å². The first kappa shape index (κ1) is 26.2. The van der Waals surface area contributed by atoms with Crippen molar-refractivity contribution < 1.29 is 4.42 Å². The van der Waals surface area contributed by atoms with Gasteiger partial charge in [-0.15, -0.1) is 0 Å². The lowest BCUT2D eigenvalue weighted by Crippen LogP contribution is -2.09. The summed E-state index contributed by atoms with van der Waals surface area (Å²) < 4.78 is 11.2. The third-order valence-electron chi connectivity index (χ3n) is 10.1. The Labute approximate surface area is 271 Å². The molecule has 8 aromatic rings. The van der Waals surface area contributed by atoms with E-state index in [1.165, 1.54) is 32.9 Å². The molecule has 0 radical (unpaired) electrons. The van der Waals surface area contributed by atoms with Gasteiger partial charge < -0.3 is 13.6 Å². The molecular formula is C43H29N3O. The maximum absolute atomic E-state index is 10.0. The molecule has 10 rings (SSSR count). The standard InChI is InChI=1S/C43H29N3O/c44-26-27-20-21-30(40(22-27)46-38-17-6-1-12-31(38)32-13-2-7-18-39(32)46)28-10-9-11-29(23-28)45-37-16-5-3-14-33(37)35-25-43-36(24-41(35)45)34-15-4-8-19-42(34)47-43/h1-4,6-15,17-21,23-25,27H,5,16,22H2. The van der Waals surface area contributed by atoms with Gasteiger partial charge in [0.2, 0.25) is 0 Å². The van der Waals surface area contributed by atoms with Gasteiger partial charge in [-0.3, -0.25) is 0 Å². The number of fused-ring (bicyclic) bond motifs is 9. The maximum Gasteiger partial charge on any atom is 0.136 e. The number of hydrogen-bond acceptors (Lipinski definition) is 2. The van der Waals surface area contributed by atoms with Gasteiger partial charge in [0, 0.05) is 61.6 Å². The number of para-hydroxylation sites is 3. The van der Waals surface area contributed by atoms with E-state index in [2.05, 4.69) is 137 Å². The molecule has 2 aliphatic carbocycles. The van der Waals surface area contributed by atoms with Crippen LogP contribution >= 0.6 is 0 Å². The summed E-state index contributed by atoms with van der Waals surface area (Å²) in [6, 6.07) is 41.5. The second-order valence-corrected chi connectivity index (χ2v) is 12.7. The molecule has 0 amide bonds. The average Bonchev–Trinajstić information content (AvgIpc) is 3.78. The number of furan rings is 1. The number of hydrogen-bond donors (Lipinski definition) is 0. The quantitative estimate of drug-likeness (QED) is 0.202. The maximum atomic E-state index is 10.0. The highest BCUT2D eigenvalue weighted by molar-refractivity contribution is 6.13. The minimum atomic E-state index is -0.184. The molecule has 2 aliphatic rings. The number of aromatic nitrogens is 2. The summed E-state index contributed by atoms with van der Waals surface area (Å²) in [6.45, 7) is 0. The molecule has 4 nitrogen and oxygen atoms in total. The van der Waals surface area contributed by atoms with Gasteiger partial charge in [-0.05, 0) is 60.9 Å². The van der Waals surface area contributed by atoms with Crippen LogP contribution in [-0.2, 0) is 6.42 Å². The summed E-state index contributed by atoms with van der Waals surface area (Å²) >= 11 is 0. The van der Waals surface area contributed by atoms with E-state index in [9.17, 15) is 5.26 Å². The lowest BCUT2D eigenvalue weighted by atomic mass is 9.90. The second kappa shape index (κ2) is 9.97. The van der Waals surface area contributed by atoms with E-state index in [1.807, 2.05) is 12.1 Å². The van der Waals surface area contributed by atoms with Crippen molar-refractivity contribution in [2.75, 3.05) is 0 Å². The van der Waals surface area contributed by atoms with E-state index in [4.69, 9.17) is 4.42 Å². The molecule has 0 saturated carbocycles. The summed E-state index contributed by atoms with van der Waals surface area (Å²) in [7, 11) is 0. The summed E-state index contributed by atoms with van der Waals surface area (Å²) in [5.74, 6) is -0.184. The van der Waals surface area contributed by atoms with Crippen LogP contribution in [0.1, 0.15) is 29.7 Å². The first-order valence-electron chi connectivity index (χ1n) is 16.3. The summed E-state index contributed by atoms with van der Waals surface area (Å²) in [5.41, 5.74) is 12.6. The van der Waals surface area contributed by atoms with Gasteiger partial charge in [-0.1, -0.05) is 91.0 Å². The zero-order valence-electron chi connectivity index (χ0n) is 25.7. The van der Waals surface area contributed by atoms with Crippen LogP contribution < -0.4 is 0 Å². The molecule has 0 bridgehead atoms. The molecule has 0 aliphatic heterocycles. The third kappa shape index (κ3) is 3.81. The molecule has 3 heterocycles. The van der Waals surface area contributed by atoms with Crippen molar-refractivity contribution in [2.45, 2.75) is 19.3 Å². The fourth-order valence-corrected chi connectivity index (χ4v) is 8.01. The molecule has 1 unspecified atom stereocenters. The van der Waals surface area contributed by atoms with Crippen molar-refractivity contribution in [3.8, 4) is 11.8 Å². The average molecular weight is 604 g/mol. The Morgan fingerprint density at radius 3 is 2.23 bits per heavy atom. The topological polar surface area (TPSA) is 46.8 Å². The first-order chi connectivity index (χ1) is 23.3. The van der Waals surface area contributed by atoms with Gasteiger partial charge in [0.25, 0.3) is 0 Å². The highest BCUT2D eigenvalue weighted by atomic mass is 16.3. The lowest BCUT2D eigenvalue weighted by Gasteiger charge is -2.23. The SMILES string of the molecule is N#CC1C=CC(c2cccc(-n3c4c(c5cc6oc7ccccc7c6cc53)C=CCC4)c2)=C(n2c3ccccc3c3ccccc32)C1. The molecule has 4 heteroatoms. The number of nitriles is 1. The molecular weight excluding hydrogens is 574 g/mol. The predicted molar refractivity (Wildman–Crippen MR) is 193 cm³/mol. The molecule has 0 fully saturated rings. The van der Waals surface area contributed by atoms with Crippen LogP contribution in [0.3, 0.4) is 0 Å². The molecule has 0 N–H and O–H groups in total. The van der Waals surface area contributed by atoms with Gasteiger partial charge in [-0.2, -0.15) is 5.26 Å². The van der Waals surface area contributed by atoms with Crippen molar-refractivity contribution in [3.05, 3.63) is 144 Å². The number of nitrogens with zero attached hydrogens (tertiary/aromatic N) is 3. The van der Waals surface area contributed by atoms with Crippen LogP contribution in [0.2, 0.25) is 0 Å². The van der Waals surface area contributed by atoms with Gasteiger partial charge in [0.15, 0.2) is 0 Å². The Balaban J connectivity index is 1.23. The van der Waals surface area contributed by atoms with Crippen LogP contribution in [0.15, 0.2) is 132 Å². The molecule has 0 spiro atoms. The van der Waals surface area contributed by atoms with E-state index in [0.717, 1.165) is 68.3 Å². The summed E-state index contributed by atoms with van der Waals surface area (Å²) in [4.78, 5) is 0. The molecule has 47 heavy (non-hydrogen) atoms. The Morgan fingerprint density at radius 2 is 1.43 bits per heavy atom. The Kier molecular flexibility index (Phi) is 5.56. The van der Waals surface area contributed by atoms with Gasteiger partial charge >= 0.3 is 0 Å². The van der Waals surface area contributed by atoms with Gasteiger partial charge in [-0.25, -0.2) is 0 Å². The van der Waals surface area contributed by atoms with E-state index in [1.54, 1.807) is 0 Å². The summed E-state index contributed by atoms with van der Waals surface area (Å²) in [6.07, 6.45) is 11.4. The zero-order valence-corrected chi connectivity index (χ0v) is 25.7. The highest BCUT2D eigenvalue weighted by Gasteiger charge is 2.24. The Bertz CT molecular complexity index is 2680. The monoisotopic (exact) mass is 603 g/mol. The van der Waals surface area contributed by atoms with E-state index in [-0.39, 0.29) is 5.92 Å². The van der Waals surface area contributed by atoms with Crippen LogP contribution in [0.5, 0.6) is 0 Å². The molecule has 222 valence electrons. The van der Waals surface area contributed by atoms with E-state index in [0.29, 0.717) is 6.42 Å². The van der Waals surface area contributed by atoms with E-state index >= 15 is 0 Å². The smallest absolute Gasteiger partial charge is 0.136 e. The fourth-order valence-electron chi connectivity index (χ4n) is 8.01. The largest absolute Gasteiger partial charge is 0.456 e. The molecule has 1 atom stereocenters. The first-order valence-corrected chi connectivity index (χ1v) is 16.3. The fraction of sp³-hybridized carbons (Fsp3) is 0.0930. The van der Waals surface area contributed by atoms with Crippen molar-refractivity contribution >= 4 is 72.0 Å². The second-order valence-electron chi connectivity index (χ2n) is 12.7. The van der Waals surface area contributed by atoms with Crippen LogP contribution in [0.25, 0.3) is 77.7 Å². The van der Waals surface area contributed by atoms with Crippen molar-refractivity contribution in [1.82, 2.24) is 9.13 Å². The van der Waals surface area contributed by atoms with Crippen molar-refractivity contribution in [3.63, 3.8) is 0 Å². The predicted octanol–water partition coefficient (Wildman–Crippen LogP) is 11.1. The van der Waals surface area contributed by atoms with Gasteiger partial charge in [0.05, 0.1) is 28.5 Å². The third-order valence-corrected chi connectivity index (χ3v) is 10.1. The van der Waals surface area contributed by atoms with Crippen molar-refractivity contribution in [2.24, 2.45) is 5.92 Å².